The first-order chi connectivity index (χ1) is 18.2. The topological polar surface area (TPSA) is 34.9 Å². The monoisotopic (exact) mass is 482 g/mol. The van der Waals surface area contributed by atoms with E-state index in [1.807, 2.05) is 42.7 Å². The SMILES string of the molecule is O=Cc1ccc(-c2ccc3c(c2)ncn3C(c2ccccc2)(c2ccccc2)c2ccccc2)cc1F. The fraction of sp³-hybridized carbons (Fsp3) is 0.0303. The number of nitrogens with zero attached hydrogens (tertiary/aromatic N) is 2. The fourth-order valence-corrected chi connectivity index (χ4v) is 5.22. The van der Waals surface area contributed by atoms with Crippen LogP contribution in [0.5, 0.6) is 0 Å². The van der Waals surface area contributed by atoms with Crippen LogP contribution in [-0.4, -0.2) is 15.8 Å². The minimum atomic E-state index is -0.669. The van der Waals surface area contributed by atoms with E-state index < -0.39 is 11.4 Å². The number of carbonyl (C=O) groups is 1. The van der Waals surface area contributed by atoms with Gasteiger partial charge in [0.15, 0.2) is 6.29 Å². The Balaban J connectivity index is 1.62. The number of rotatable bonds is 6. The number of hydrogen-bond acceptors (Lipinski definition) is 2. The lowest BCUT2D eigenvalue weighted by molar-refractivity contribution is 0.112. The van der Waals surface area contributed by atoms with Crippen LogP contribution in [0.25, 0.3) is 22.2 Å². The van der Waals surface area contributed by atoms with Crippen LogP contribution >= 0.6 is 0 Å². The summed E-state index contributed by atoms with van der Waals surface area (Å²) in [6.07, 6.45) is 2.41. The molecule has 5 aromatic carbocycles. The second-order valence-electron chi connectivity index (χ2n) is 8.98. The highest BCUT2D eigenvalue weighted by atomic mass is 19.1. The van der Waals surface area contributed by atoms with E-state index in [9.17, 15) is 9.18 Å². The molecule has 0 radical (unpaired) electrons. The Hall–Kier alpha value is -4.83. The maximum absolute atomic E-state index is 14.3. The molecule has 1 heterocycles. The van der Waals surface area contributed by atoms with E-state index in [-0.39, 0.29) is 5.56 Å². The third kappa shape index (κ3) is 3.74. The van der Waals surface area contributed by atoms with Gasteiger partial charge in [-0.3, -0.25) is 4.79 Å². The summed E-state index contributed by atoms with van der Waals surface area (Å²) in [6.45, 7) is 0. The van der Waals surface area contributed by atoms with E-state index in [0.717, 1.165) is 33.3 Å². The molecule has 0 aliphatic rings. The molecule has 0 bridgehead atoms. The first kappa shape index (κ1) is 22.6. The molecule has 0 saturated heterocycles. The first-order valence-electron chi connectivity index (χ1n) is 12.1. The molecule has 1 aromatic heterocycles. The Bertz CT molecular complexity index is 1600. The van der Waals surface area contributed by atoms with Gasteiger partial charge in [0.2, 0.25) is 0 Å². The molecule has 0 amide bonds. The lowest BCUT2D eigenvalue weighted by Gasteiger charge is -2.38. The first-order valence-corrected chi connectivity index (χ1v) is 12.1. The average Bonchev–Trinajstić information content (AvgIpc) is 3.39. The van der Waals surface area contributed by atoms with Crippen molar-refractivity contribution >= 4 is 17.3 Å². The molecule has 4 heteroatoms. The van der Waals surface area contributed by atoms with Crippen molar-refractivity contribution in [2.45, 2.75) is 5.54 Å². The van der Waals surface area contributed by atoms with Gasteiger partial charge >= 0.3 is 0 Å². The standard InChI is InChI=1S/C33H23FN2O/c34-30-20-24(16-17-26(30)22-37)25-18-19-32-31(21-25)35-23-36(32)33(27-10-4-1-5-11-27,28-12-6-2-7-13-28)29-14-8-3-9-15-29/h1-23H. The predicted octanol–water partition coefficient (Wildman–Crippen LogP) is 7.50. The fourth-order valence-electron chi connectivity index (χ4n) is 5.22. The lowest BCUT2D eigenvalue weighted by atomic mass is 9.76. The van der Waals surface area contributed by atoms with Crippen LogP contribution in [-0.2, 0) is 5.54 Å². The summed E-state index contributed by atoms with van der Waals surface area (Å²) >= 11 is 0. The Kier molecular flexibility index (Phi) is 5.70. The molecular formula is C33H23FN2O. The van der Waals surface area contributed by atoms with Crippen LogP contribution < -0.4 is 0 Å². The van der Waals surface area contributed by atoms with E-state index in [2.05, 4.69) is 77.4 Å². The smallest absolute Gasteiger partial charge is 0.152 e. The van der Waals surface area contributed by atoms with Crippen molar-refractivity contribution in [3.63, 3.8) is 0 Å². The van der Waals surface area contributed by atoms with Gasteiger partial charge in [-0.2, -0.15) is 0 Å². The number of benzene rings is 5. The second kappa shape index (κ2) is 9.32. The highest BCUT2D eigenvalue weighted by Gasteiger charge is 2.39. The summed E-state index contributed by atoms with van der Waals surface area (Å²) in [5.41, 5.74) is 5.99. The summed E-state index contributed by atoms with van der Waals surface area (Å²) in [5, 5.41) is 0. The maximum Gasteiger partial charge on any atom is 0.152 e. The average molecular weight is 483 g/mol. The Morgan fingerprint density at radius 3 is 1.68 bits per heavy atom. The number of fused-ring (bicyclic) bond motifs is 1. The van der Waals surface area contributed by atoms with Crippen LogP contribution in [0.15, 0.2) is 134 Å². The lowest BCUT2D eigenvalue weighted by Crippen LogP contribution is -2.37. The second-order valence-corrected chi connectivity index (χ2v) is 8.98. The number of aromatic nitrogens is 2. The Morgan fingerprint density at radius 1 is 0.649 bits per heavy atom. The molecule has 0 unspecified atom stereocenters. The van der Waals surface area contributed by atoms with Crippen LogP contribution in [0, 0.1) is 5.82 Å². The molecule has 0 saturated carbocycles. The Morgan fingerprint density at radius 2 is 1.16 bits per heavy atom. The molecular weight excluding hydrogens is 459 g/mol. The molecule has 6 rings (SSSR count). The number of aldehydes is 1. The normalized spacial score (nSPS) is 11.5. The van der Waals surface area contributed by atoms with E-state index in [4.69, 9.17) is 4.98 Å². The summed E-state index contributed by atoms with van der Waals surface area (Å²) in [4.78, 5) is 15.9. The maximum atomic E-state index is 14.3. The van der Waals surface area contributed by atoms with Crippen LogP contribution in [0.4, 0.5) is 4.39 Å². The van der Waals surface area contributed by atoms with Crippen molar-refractivity contribution in [1.82, 2.24) is 9.55 Å². The van der Waals surface area contributed by atoms with Crippen molar-refractivity contribution in [2.24, 2.45) is 0 Å². The molecule has 0 fully saturated rings. The van der Waals surface area contributed by atoms with E-state index in [0.29, 0.717) is 11.8 Å². The largest absolute Gasteiger partial charge is 0.312 e. The summed E-state index contributed by atoms with van der Waals surface area (Å²) in [5.74, 6) is -0.533. The van der Waals surface area contributed by atoms with Crippen LogP contribution in [0.3, 0.4) is 0 Å². The van der Waals surface area contributed by atoms with E-state index >= 15 is 0 Å². The summed E-state index contributed by atoms with van der Waals surface area (Å²) < 4.78 is 16.5. The molecule has 37 heavy (non-hydrogen) atoms. The summed E-state index contributed by atoms with van der Waals surface area (Å²) in [7, 11) is 0. The van der Waals surface area contributed by atoms with Gasteiger partial charge in [0.05, 0.1) is 22.9 Å². The molecule has 3 nitrogen and oxygen atoms in total. The number of imidazole rings is 1. The van der Waals surface area contributed by atoms with Gasteiger partial charge in [-0.25, -0.2) is 9.37 Å². The van der Waals surface area contributed by atoms with Crippen molar-refractivity contribution < 1.29 is 9.18 Å². The van der Waals surface area contributed by atoms with Gasteiger partial charge in [0.25, 0.3) is 0 Å². The molecule has 0 N–H and O–H groups in total. The van der Waals surface area contributed by atoms with Gasteiger partial charge < -0.3 is 4.57 Å². The zero-order valence-corrected chi connectivity index (χ0v) is 20.0. The third-order valence-corrected chi connectivity index (χ3v) is 6.94. The molecule has 0 aliphatic carbocycles. The minimum absolute atomic E-state index is 0.0486. The molecule has 0 aliphatic heterocycles. The van der Waals surface area contributed by atoms with Crippen molar-refractivity contribution in [3.8, 4) is 11.1 Å². The highest BCUT2D eigenvalue weighted by Crippen LogP contribution is 2.42. The predicted molar refractivity (Wildman–Crippen MR) is 145 cm³/mol. The zero-order chi connectivity index (χ0) is 25.2. The van der Waals surface area contributed by atoms with Gasteiger partial charge in [0, 0.05) is 0 Å². The van der Waals surface area contributed by atoms with Crippen molar-refractivity contribution in [3.05, 3.63) is 162 Å². The number of carbonyl (C=O) groups excluding carboxylic acids is 1. The Labute approximate surface area is 214 Å². The van der Waals surface area contributed by atoms with Crippen molar-refractivity contribution in [1.29, 1.82) is 0 Å². The zero-order valence-electron chi connectivity index (χ0n) is 20.0. The van der Waals surface area contributed by atoms with Gasteiger partial charge in [-0.15, -0.1) is 0 Å². The van der Waals surface area contributed by atoms with Crippen LogP contribution in [0.1, 0.15) is 27.0 Å². The van der Waals surface area contributed by atoms with Gasteiger partial charge in [-0.05, 0) is 52.1 Å². The van der Waals surface area contributed by atoms with Gasteiger partial charge in [0.1, 0.15) is 11.4 Å². The van der Waals surface area contributed by atoms with Crippen molar-refractivity contribution in [2.75, 3.05) is 0 Å². The molecule has 0 spiro atoms. The molecule has 0 atom stereocenters. The number of hydrogen-bond donors (Lipinski definition) is 0. The highest BCUT2D eigenvalue weighted by molar-refractivity contribution is 5.84. The molecule has 6 aromatic rings. The van der Waals surface area contributed by atoms with Gasteiger partial charge in [-0.1, -0.05) is 103 Å². The number of halogens is 1. The third-order valence-electron chi connectivity index (χ3n) is 6.94. The molecule has 178 valence electrons. The van der Waals surface area contributed by atoms with E-state index in [1.165, 1.54) is 12.1 Å². The summed E-state index contributed by atoms with van der Waals surface area (Å²) in [6, 6.07) is 42.0. The van der Waals surface area contributed by atoms with Crippen LogP contribution in [0.2, 0.25) is 0 Å². The minimum Gasteiger partial charge on any atom is -0.312 e. The van der Waals surface area contributed by atoms with E-state index in [1.54, 1.807) is 6.07 Å². The quantitative estimate of drug-likeness (QED) is 0.182.